The van der Waals surface area contributed by atoms with E-state index in [1.54, 1.807) is 11.9 Å². The average molecular weight is 202 g/mol. The zero-order valence-electron chi connectivity index (χ0n) is 7.14. The Morgan fingerprint density at radius 2 is 2.54 bits per heavy atom. The van der Waals surface area contributed by atoms with Crippen LogP contribution in [-0.4, -0.2) is 30.0 Å². The molecule has 0 spiro atoms. The molecule has 0 aliphatic heterocycles. The highest BCUT2D eigenvalue weighted by atomic mass is 32.1. The number of hydrogen-bond acceptors (Lipinski definition) is 6. The van der Waals surface area contributed by atoms with Crippen LogP contribution in [0, 0.1) is 10.1 Å². The molecular formula is C6H10N4O2S. The van der Waals surface area contributed by atoms with E-state index in [1.165, 1.54) is 6.20 Å². The molecule has 2 N–H and O–H groups in total. The second-order valence-corrected chi connectivity index (χ2v) is 3.44. The molecule has 1 aromatic heterocycles. The van der Waals surface area contributed by atoms with Gasteiger partial charge in [-0.2, -0.15) is 0 Å². The van der Waals surface area contributed by atoms with Gasteiger partial charge in [0, 0.05) is 20.1 Å². The van der Waals surface area contributed by atoms with E-state index in [4.69, 9.17) is 5.73 Å². The minimum atomic E-state index is -0.447. The summed E-state index contributed by atoms with van der Waals surface area (Å²) in [5.41, 5.74) is 5.33. The van der Waals surface area contributed by atoms with Crippen molar-refractivity contribution >= 4 is 21.5 Å². The van der Waals surface area contributed by atoms with Crippen molar-refractivity contribution in [3.63, 3.8) is 0 Å². The Hall–Kier alpha value is -1.21. The van der Waals surface area contributed by atoms with Crippen LogP contribution in [0.4, 0.5) is 10.1 Å². The lowest BCUT2D eigenvalue weighted by molar-refractivity contribution is -0.380. The summed E-state index contributed by atoms with van der Waals surface area (Å²) in [6.07, 6.45) is 1.26. The molecule has 6 nitrogen and oxygen atoms in total. The minimum Gasteiger partial charge on any atom is -0.350 e. The topological polar surface area (TPSA) is 85.3 Å². The molecule has 0 aromatic carbocycles. The molecule has 72 valence electrons. The summed E-state index contributed by atoms with van der Waals surface area (Å²) >= 11 is 1.05. The maximum atomic E-state index is 10.3. The van der Waals surface area contributed by atoms with Crippen molar-refractivity contribution in [2.75, 3.05) is 25.0 Å². The Morgan fingerprint density at radius 3 is 3.00 bits per heavy atom. The van der Waals surface area contributed by atoms with Crippen molar-refractivity contribution in [3.8, 4) is 0 Å². The molecule has 0 unspecified atom stereocenters. The van der Waals surface area contributed by atoms with Crippen LogP contribution in [-0.2, 0) is 0 Å². The van der Waals surface area contributed by atoms with Gasteiger partial charge in [-0.25, -0.2) is 4.98 Å². The zero-order chi connectivity index (χ0) is 9.84. The van der Waals surface area contributed by atoms with Crippen molar-refractivity contribution in [3.05, 3.63) is 16.3 Å². The maximum Gasteiger partial charge on any atom is 0.345 e. The van der Waals surface area contributed by atoms with Crippen LogP contribution < -0.4 is 10.6 Å². The molecule has 1 rings (SSSR count). The second kappa shape index (κ2) is 4.15. The third kappa shape index (κ3) is 2.36. The third-order valence-electron chi connectivity index (χ3n) is 1.45. The normalized spacial score (nSPS) is 10.0. The van der Waals surface area contributed by atoms with Crippen molar-refractivity contribution in [2.24, 2.45) is 5.73 Å². The summed E-state index contributed by atoms with van der Waals surface area (Å²) in [5.74, 6) is 0. The lowest BCUT2D eigenvalue weighted by Crippen LogP contribution is -2.24. The molecule has 0 radical (unpaired) electrons. The van der Waals surface area contributed by atoms with Gasteiger partial charge >= 0.3 is 5.00 Å². The molecule has 0 amide bonds. The number of aromatic nitrogens is 1. The van der Waals surface area contributed by atoms with Crippen molar-refractivity contribution in [1.82, 2.24) is 4.98 Å². The molecule has 0 saturated carbocycles. The van der Waals surface area contributed by atoms with Gasteiger partial charge in [0.05, 0.1) is 4.92 Å². The lowest BCUT2D eigenvalue weighted by atomic mass is 10.6. The minimum absolute atomic E-state index is 0.0545. The van der Waals surface area contributed by atoms with E-state index in [9.17, 15) is 10.1 Å². The Kier molecular flexibility index (Phi) is 3.15. The van der Waals surface area contributed by atoms with Gasteiger partial charge in [0.15, 0.2) is 5.13 Å². The van der Waals surface area contributed by atoms with E-state index in [0.717, 1.165) is 11.3 Å². The predicted octanol–water partition coefficient (Wildman–Crippen LogP) is 0.446. The summed E-state index contributed by atoms with van der Waals surface area (Å²) in [6.45, 7) is 1.15. The molecular weight excluding hydrogens is 192 g/mol. The first-order valence-electron chi connectivity index (χ1n) is 3.66. The molecule has 0 atom stereocenters. The van der Waals surface area contributed by atoms with Crippen molar-refractivity contribution in [1.29, 1.82) is 0 Å². The van der Waals surface area contributed by atoms with E-state index in [-0.39, 0.29) is 5.00 Å². The third-order valence-corrected chi connectivity index (χ3v) is 2.52. The summed E-state index contributed by atoms with van der Waals surface area (Å²) in [5, 5.41) is 11.0. The van der Waals surface area contributed by atoms with Crippen LogP contribution in [0.5, 0.6) is 0 Å². The molecule has 0 bridgehead atoms. The van der Waals surface area contributed by atoms with Crippen LogP contribution in [0.3, 0.4) is 0 Å². The number of rotatable bonds is 4. The molecule has 7 heteroatoms. The summed E-state index contributed by atoms with van der Waals surface area (Å²) in [7, 11) is 1.80. The van der Waals surface area contributed by atoms with Crippen LogP contribution in [0.25, 0.3) is 0 Å². The fraction of sp³-hybridized carbons (Fsp3) is 0.500. The van der Waals surface area contributed by atoms with E-state index < -0.39 is 4.92 Å². The SMILES string of the molecule is CN(CCN)c1ncc([N+](=O)[O-])s1. The number of nitrogens with zero attached hydrogens (tertiary/aromatic N) is 3. The van der Waals surface area contributed by atoms with E-state index in [2.05, 4.69) is 4.98 Å². The van der Waals surface area contributed by atoms with Gasteiger partial charge in [0.25, 0.3) is 0 Å². The monoisotopic (exact) mass is 202 g/mol. The van der Waals surface area contributed by atoms with Gasteiger partial charge in [-0.05, 0) is 11.3 Å². The standard InChI is InChI=1S/C6H10N4O2S/c1-9(3-2-7)6-8-4-5(13-6)10(11)12/h4H,2-3,7H2,1H3. The van der Waals surface area contributed by atoms with Gasteiger partial charge in [0.1, 0.15) is 6.20 Å². The van der Waals surface area contributed by atoms with E-state index in [0.29, 0.717) is 18.2 Å². The fourth-order valence-corrected chi connectivity index (χ4v) is 1.53. The highest BCUT2D eigenvalue weighted by Gasteiger charge is 2.13. The quantitative estimate of drug-likeness (QED) is 0.565. The van der Waals surface area contributed by atoms with E-state index >= 15 is 0 Å². The average Bonchev–Trinajstić information content (AvgIpc) is 2.52. The van der Waals surface area contributed by atoms with Crippen LogP contribution in [0.15, 0.2) is 6.20 Å². The van der Waals surface area contributed by atoms with Gasteiger partial charge < -0.3 is 10.6 Å². The first-order valence-corrected chi connectivity index (χ1v) is 4.48. The molecule has 0 saturated heterocycles. The highest BCUT2D eigenvalue weighted by molar-refractivity contribution is 7.18. The van der Waals surface area contributed by atoms with Gasteiger partial charge in [-0.3, -0.25) is 10.1 Å². The predicted molar refractivity (Wildman–Crippen MR) is 51.1 cm³/mol. The van der Waals surface area contributed by atoms with Gasteiger partial charge in [-0.15, -0.1) is 0 Å². The van der Waals surface area contributed by atoms with Crippen molar-refractivity contribution < 1.29 is 4.92 Å². The highest BCUT2D eigenvalue weighted by Crippen LogP contribution is 2.26. The van der Waals surface area contributed by atoms with Gasteiger partial charge in [0.2, 0.25) is 0 Å². The van der Waals surface area contributed by atoms with Crippen molar-refractivity contribution in [2.45, 2.75) is 0 Å². The Bertz CT molecular complexity index is 301. The van der Waals surface area contributed by atoms with Gasteiger partial charge in [-0.1, -0.05) is 0 Å². The molecule has 0 aliphatic carbocycles. The summed E-state index contributed by atoms with van der Waals surface area (Å²) < 4.78 is 0. The number of hydrogen-bond donors (Lipinski definition) is 1. The first kappa shape index (κ1) is 9.87. The van der Waals surface area contributed by atoms with Crippen LogP contribution in [0.2, 0.25) is 0 Å². The Labute approximate surface area is 79.1 Å². The largest absolute Gasteiger partial charge is 0.350 e. The zero-order valence-corrected chi connectivity index (χ0v) is 7.95. The molecule has 0 aliphatic rings. The molecule has 13 heavy (non-hydrogen) atoms. The van der Waals surface area contributed by atoms with E-state index in [1.807, 2.05) is 0 Å². The Morgan fingerprint density at radius 1 is 1.85 bits per heavy atom. The van der Waals surface area contributed by atoms with Crippen LogP contribution in [0.1, 0.15) is 0 Å². The molecule has 1 heterocycles. The molecule has 1 aromatic rings. The number of nitrogens with two attached hydrogens (primary N) is 1. The summed E-state index contributed by atoms with van der Waals surface area (Å²) in [6, 6.07) is 0. The maximum absolute atomic E-state index is 10.3. The number of likely N-dealkylation sites (N-methyl/N-ethyl adjacent to an activating group) is 1. The number of anilines is 1. The van der Waals surface area contributed by atoms with Crippen LogP contribution >= 0.6 is 11.3 Å². The summed E-state index contributed by atoms with van der Waals surface area (Å²) in [4.78, 5) is 15.6. The second-order valence-electron chi connectivity index (χ2n) is 2.45. The lowest BCUT2D eigenvalue weighted by Gasteiger charge is -2.12. The number of nitro groups is 1. The molecule has 0 fully saturated rings. The Balaban J connectivity index is 2.73. The smallest absolute Gasteiger partial charge is 0.345 e. The first-order chi connectivity index (χ1) is 6.15. The fourth-order valence-electron chi connectivity index (χ4n) is 0.807. The number of thiazole rings is 1.